The number of hydrogen-bond donors (Lipinski definition) is 1. The predicted octanol–water partition coefficient (Wildman–Crippen LogP) is 1.68. The van der Waals surface area contributed by atoms with Gasteiger partial charge in [-0.15, -0.1) is 0 Å². The summed E-state index contributed by atoms with van der Waals surface area (Å²) in [5.74, 6) is 1.22. The summed E-state index contributed by atoms with van der Waals surface area (Å²) in [6, 6.07) is 1.66. The van der Waals surface area contributed by atoms with Crippen molar-refractivity contribution in [2.75, 3.05) is 19.7 Å². The van der Waals surface area contributed by atoms with Crippen molar-refractivity contribution in [2.45, 2.75) is 13.0 Å². The minimum atomic E-state index is -0.298. The minimum Gasteiger partial charge on any atom is -0.457 e. The van der Waals surface area contributed by atoms with Crippen LogP contribution in [0.5, 0.6) is 0 Å². The molecule has 3 rings (SSSR count). The normalized spacial score (nSPS) is 19.3. The van der Waals surface area contributed by atoms with E-state index in [1.54, 1.807) is 11.0 Å². The molecule has 1 unspecified atom stereocenters. The van der Waals surface area contributed by atoms with E-state index in [-0.39, 0.29) is 12.0 Å². The average molecular weight is 341 g/mol. The molecule has 1 amide bonds. The average Bonchev–Trinajstić information content (AvgIpc) is 3.07. The molecule has 0 radical (unpaired) electrons. The van der Waals surface area contributed by atoms with Crippen molar-refractivity contribution in [3.8, 4) is 0 Å². The smallest absolute Gasteiger partial charge is 0.257 e. The van der Waals surface area contributed by atoms with Crippen LogP contribution in [0, 0.1) is 6.92 Å². The molecule has 106 valence electrons. The maximum Gasteiger partial charge on any atom is 0.257 e. The zero-order valence-electron chi connectivity index (χ0n) is 10.8. The number of aromatic nitrogens is 3. The van der Waals surface area contributed by atoms with Gasteiger partial charge in [-0.2, -0.15) is 5.10 Å². The predicted molar refractivity (Wildman–Crippen MR) is 72.1 cm³/mol. The Morgan fingerprint density at radius 1 is 1.60 bits per heavy atom. The third kappa shape index (κ3) is 2.61. The molecule has 8 heteroatoms. The van der Waals surface area contributed by atoms with Gasteiger partial charge in [0.25, 0.3) is 5.91 Å². The van der Waals surface area contributed by atoms with Gasteiger partial charge in [-0.1, -0.05) is 0 Å². The van der Waals surface area contributed by atoms with Crippen LogP contribution in [0.15, 0.2) is 21.4 Å². The number of furan rings is 1. The lowest BCUT2D eigenvalue weighted by molar-refractivity contribution is -0.0266. The lowest BCUT2D eigenvalue weighted by atomic mass is 10.2. The number of halogens is 1. The molecular formula is C12H13BrN4O3. The molecule has 0 saturated carbocycles. The number of carbonyl (C=O) groups excluding carboxylic acids is 1. The fourth-order valence-electron chi connectivity index (χ4n) is 2.10. The molecule has 0 aromatic carbocycles. The molecule has 3 heterocycles. The molecule has 1 fully saturated rings. The highest BCUT2D eigenvalue weighted by atomic mass is 79.9. The van der Waals surface area contributed by atoms with Crippen molar-refractivity contribution in [1.82, 2.24) is 20.1 Å². The van der Waals surface area contributed by atoms with Gasteiger partial charge in [-0.05, 0) is 22.9 Å². The van der Waals surface area contributed by atoms with Gasteiger partial charge >= 0.3 is 0 Å². The van der Waals surface area contributed by atoms with E-state index in [0.717, 1.165) is 5.82 Å². The number of aryl methyl sites for hydroxylation is 1. The summed E-state index contributed by atoms with van der Waals surface area (Å²) in [7, 11) is 0. The van der Waals surface area contributed by atoms with Crippen molar-refractivity contribution >= 4 is 21.8 Å². The van der Waals surface area contributed by atoms with Crippen LogP contribution < -0.4 is 0 Å². The summed E-state index contributed by atoms with van der Waals surface area (Å²) in [6.07, 6.45) is 1.14. The summed E-state index contributed by atoms with van der Waals surface area (Å²) in [5, 5.41) is 6.86. The quantitative estimate of drug-likeness (QED) is 0.899. The van der Waals surface area contributed by atoms with Gasteiger partial charge in [0.1, 0.15) is 18.2 Å². The largest absolute Gasteiger partial charge is 0.457 e. The molecule has 1 aliphatic rings. The minimum absolute atomic E-state index is 0.0833. The highest BCUT2D eigenvalue weighted by Crippen LogP contribution is 2.22. The van der Waals surface area contributed by atoms with Crippen LogP contribution in [0.3, 0.4) is 0 Å². The zero-order chi connectivity index (χ0) is 14.1. The number of nitrogens with one attached hydrogen (secondary N) is 1. The van der Waals surface area contributed by atoms with Gasteiger partial charge in [0.2, 0.25) is 0 Å². The number of morpholine rings is 1. The lowest BCUT2D eigenvalue weighted by Crippen LogP contribution is -2.42. The number of aromatic amines is 1. The molecule has 2 aromatic heterocycles. The maximum absolute atomic E-state index is 12.3. The van der Waals surface area contributed by atoms with Crippen molar-refractivity contribution in [3.63, 3.8) is 0 Å². The number of amides is 1. The van der Waals surface area contributed by atoms with Crippen molar-refractivity contribution in [2.24, 2.45) is 0 Å². The Labute approximate surface area is 123 Å². The van der Waals surface area contributed by atoms with Crippen LogP contribution in [0.25, 0.3) is 0 Å². The molecule has 1 aliphatic heterocycles. The Morgan fingerprint density at radius 2 is 2.45 bits per heavy atom. The van der Waals surface area contributed by atoms with Crippen molar-refractivity contribution < 1.29 is 13.9 Å². The van der Waals surface area contributed by atoms with Crippen LogP contribution >= 0.6 is 15.9 Å². The first-order valence-corrected chi connectivity index (χ1v) is 6.96. The molecule has 1 N–H and O–H groups in total. The molecule has 0 aliphatic carbocycles. The molecular weight excluding hydrogens is 328 g/mol. The first-order chi connectivity index (χ1) is 9.63. The van der Waals surface area contributed by atoms with E-state index in [0.29, 0.717) is 35.8 Å². The van der Waals surface area contributed by atoms with Crippen molar-refractivity contribution in [1.29, 1.82) is 0 Å². The third-order valence-corrected chi connectivity index (χ3v) is 3.49. The SMILES string of the molecule is Cc1nc(C2CN(C(=O)c3coc(Br)c3)CCO2)n[nH]1. The fourth-order valence-corrected chi connectivity index (χ4v) is 2.44. The molecule has 0 spiro atoms. The lowest BCUT2D eigenvalue weighted by Gasteiger charge is -2.31. The van der Waals surface area contributed by atoms with Crippen LogP contribution in [-0.4, -0.2) is 45.7 Å². The summed E-state index contributed by atoms with van der Waals surface area (Å²) in [6.45, 7) is 3.26. The van der Waals surface area contributed by atoms with E-state index in [2.05, 4.69) is 31.1 Å². The van der Waals surface area contributed by atoms with Gasteiger partial charge in [0.15, 0.2) is 10.5 Å². The maximum atomic E-state index is 12.3. The Balaban J connectivity index is 1.73. The van der Waals surface area contributed by atoms with Crippen LogP contribution in [0.4, 0.5) is 0 Å². The Hall–Kier alpha value is -1.67. The standard InChI is InChI=1S/C12H13BrN4O3/c1-7-14-11(16-15-7)9-5-17(2-3-19-9)12(18)8-4-10(13)20-6-8/h4,6,9H,2-3,5H2,1H3,(H,14,15,16). The highest BCUT2D eigenvalue weighted by Gasteiger charge is 2.29. The van der Waals surface area contributed by atoms with E-state index in [9.17, 15) is 4.79 Å². The topological polar surface area (TPSA) is 84.2 Å². The van der Waals surface area contributed by atoms with E-state index in [4.69, 9.17) is 9.15 Å². The zero-order valence-corrected chi connectivity index (χ0v) is 12.4. The number of nitrogens with zero attached hydrogens (tertiary/aromatic N) is 3. The number of ether oxygens (including phenoxy) is 1. The Morgan fingerprint density at radius 3 is 3.10 bits per heavy atom. The number of H-pyrrole nitrogens is 1. The fraction of sp³-hybridized carbons (Fsp3) is 0.417. The number of rotatable bonds is 2. The van der Waals surface area contributed by atoms with Crippen LogP contribution in [0.1, 0.15) is 28.1 Å². The van der Waals surface area contributed by atoms with Gasteiger partial charge in [0, 0.05) is 12.6 Å². The molecule has 20 heavy (non-hydrogen) atoms. The number of carbonyl (C=O) groups is 1. The molecule has 0 bridgehead atoms. The summed E-state index contributed by atoms with van der Waals surface area (Å²) in [5.41, 5.74) is 0.517. The molecule has 7 nitrogen and oxygen atoms in total. The second-order valence-corrected chi connectivity index (χ2v) is 5.31. The van der Waals surface area contributed by atoms with Gasteiger partial charge < -0.3 is 14.1 Å². The first kappa shape index (κ1) is 13.3. The molecule has 1 saturated heterocycles. The van der Waals surface area contributed by atoms with Crippen LogP contribution in [-0.2, 0) is 4.74 Å². The van der Waals surface area contributed by atoms with E-state index in [1.165, 1.54) is 6.26 Å². The molecule has 1 atom stereocenters. The van der Waals surface area contributed by atoms with E-state index in [1.807, 2.05) is 6.92 Å². The number of hydrogen-bond acceptors (Lipinski definition) is 5. The third-order valence-electron chi connectivity index (χ3n) is 3.07. The van der Waals surface area contributed by atoms with Crippen molar-refractivity contribution in [3.05, 3.63) is 34.2 Å². The summed E-state index contributed by atoms with van der Waals surface area (Å²) in [4.78, 5) is 18.3. The Kier molecular flexibility index (Phi) is 3.58. The summed E-state index contributed by atoms with van der Waals surface area (Å²) >= 11 is 3.19. The van der Waals surface area contributed by atoms with E-state index < -0.39 is 0 Å². The van der Waals surface area contributed by atoms with Crippen LogP contribution in [0.2, 0.25) is 0 Å². The van der Waals surface area contributed by atoms with Gasteiger partial charge in [0.05, 0.1) is 18.7 Å². The second kappa shape index (κ2) is 5.37. The Bertz CT molecular complexity index is 624. The highest BCUT2D eigenvalue weighted by molar-refractivity contribution is 9.10. The van der Waals surface area contributed by atoms with Gasteiger partial charge in [-0.3, -0.25) is 9.89 Å². The first-order valence-electron chi connectivity index (χ1n) is 6.17. The van der Waals surface area contributed by atoms with Gasteiger partial charge in [-0.25, -0.2) is 4.98 Å². The summed E-state index contributed by atoms with van der Waals surface area (Å²) < 4.78 is 11.3. The monoisotopic (exact) mass is 340 g/mol. The second-order valence-electron chi connectivity index (χ2n) is 4.53. The van der Waals surface area contributed by atoms with E-state index >= 15 is 0 Å². The molecule has 2 aromatic rings.